The molecule has 0 saturated carbocycles. The molecule has 1 fully saturated rings. The number of anilines is 1. The van der Waals surface area contributed by atoms with Crippen molar-refractivity contribution in [2.75, 3.05) is 12.3 Å². The molecule has 1 aromatic rings. The van der Waals surface area contributed by atoms with Crippen LogP contribution in [0.4, 0.5) is 5.69 Å². The largest absolute Gasteiger partial charge is 0.460 e. The Hall–Kier alpha value is -2.32. The summed E-state index contributed by atoms with van der Waals surface area (Å²) in [5.41, 5.74) is 7.09. The number of nitrogens with two attached hydrogens (primary N) is 1. The maximum atomic E-state index is 12.1. The van der Waals surface area contributed by atoms with E-state index in [1.54, 1.807) is 39.0 Å². The summed E-state index contributed by atoms with van der Waals surface area (Å²) in [4.78, 5) is 23.7. The molecule has 5 unspecified atom stereocenters. The maximum Gasteiger partial charge on any atom is 0.309 e. The van der Waals surface area contributed by atoms with Crippen LogP contribution in [0.1, 0.15) is 52.7 Å². The fourth-order valence-electron chi connectivity index (χ4n) is 2.87. The number of hydrogen-bond acceptors (Lipinski definition) is 7. The van der Waals surface area contributed by atoms with E-state index in [9.17, 15) is 14.7 Å². The van der Waals surface area contributed by atoms with Gasteiger partial charge in [-0.2, -0.15) is 0 Å². The lowest BCUT2D eigenvalue weighted by atomic mass is 10.0. The van der Waals surface area contributed by atoms with Gasteiger partial charge < -0.3 is 30.4 Å². The van der Waals surface area contributed by atoms with Gasteiger partial charge in [-0.05, 0) is 24.6 Å². The number of nitrogen functional groups attached to an aromatic ring is 1. The van der Waals surface area contributed by atoms with Crippen LogP contribution >= 0.6 is 0 Å². The van der Waals surface area contributed by atoms with Crippen LogP contribution < -0.4 is 15.8 Å². The topological polar surface area (TPSA) is 120 Å². The number of hydrogen-bond donors (Lipinski definition) is 3. The Labute approximate surface area is 171 Å². The second-order valence-electron chi connectivity index (χ2n) is 7.71. The molecule has 4 N–H and O–H groups in total. The molecule has 0 aliphatic carbocycles. The van der Waals surface area contributed by atoms with Crippen molar-refractivity contribution in [2.45, 2.75) is 65.6 Å². The zero-order chi connectivity index (χ0) is 21.7. The van der Waals surface area contributed by atoms with Crippen molar-refractivity contribution >= 4 is 17.6 Å². The highest BCUT2D eigenvalue weighted by molar-refractivity contribution is 5.75. The van der Waals surface area contributed by atoms with Crippen LogP contribution in [-0.2, 0) is 19.1 Å². The fourth-order valence-corrected chi connectivity index (χ4v) is 2.87. The van der Waals surface area contributed by atoms with E-state index in [2.05, 4.69) is 5.32 Å². The molecular formula is C21H32N2O6. The van der Waals surface area contributed by atoms with Gasteiger partial charge in [0.25, 0.3) is 0 Å². The molecule has 8 heteroatoms. The minimum Gasteiger partial charge on any atom is -0.460 e. The van der Waals surface area contributed by atoms with Crippen molar-refractivity contribution in [2.24, 2.45) is 11.8 Å². The van der Waals surface area contributed by atoms with Gasteiger partial charge in [-0.3, -0.25) is 9.59 Å². The lowest BCUT2D eigenvalue weighted by molar-refractivity contribution is -0.153. The monoisotopic (exact) mass is 408 g/mol. The first kappa shape index (κ1) is 23.0. The third-order valence-electron chi connectivity index (χ3n) is 5.09. The van der Waals surface area contributed by atoms with Gasteiger partial charge in [-0.15, -0.1) is 0 Å². The number of benzene rings is 1. The van der Waals surface area contributed by atoms with Crippen molar-refractivity contribution in [1.29, 1.82) is 0 Å². The first-order valence-corrected chi connectivity index (χ1v) is 10.0. The van der Waals surface area contributed by atoms with Crippen LogP contribution in [0.3, 0.4) is 0 Å². The van der Waals surface area contributed by atoms with Crippen molar-refractivity contribution in [3.05, 3.63) is 23.8 Å². The lowest BCUT2D eigenvalue weighted by Gasteiger charge is -2.22. The van der Waals surface area contributed by atoms with Gasteiger partial charge in [0.2, 0.25) is 12.2 Å². The normalized spacial score (nSPS) is 24.9. The Balaban J connectivity index is 2.16. The molecule has 1 saturated heterocycles. The van der Waals surface area contributed by atoms with E-state index in [0.29, 0.717) is 23.4 Å². The van der Waals surface area contributed by atoms with Crippen molar-refractivity contribution in [3.63, 3.8) is 0 Å². The van der Waals surface area contributed by atoms with Gasteiger partial charge in [0.05, 0.1) is 24.3 Å². The van der Waals surface area contributed by atoms with E-state index in [1.807, 2.05) is 13.8 Å². The molecule has 1 amide bonds. The third-order valence-corrected chi connectivity index (χ3v) is 5.09. The second-order valence-corrected chi connectivity index (χ2v) is 7.71. The van der Waals surface area contributed by atoms with Gasteiger partial charge in [-0.25, -0.2) is 0 Å². The number of aliphatic hydroxyl groups is 1. The Kier molecular flexibility index (Phi) is 7.87. The standard InChI is InChI=1S/C21H32N2O6/c1-6-18(24)23-10-17(28-20(26)11(2)3)14-7-8-16(15(22)9-14)29-21-19(25)12(4)13(5)27-21/h7-9,11-13,17,19,21,25H,6,10,22H2,1-5H3,(H,23,24). The maximum absolute atomic E-state index is 12.1. The number of rotatable bonds is 8. The molecule has 2 rings (SSSR count). The number of nitrogens with one attached hydrogen (secondary N) is 1. The van der Waals surface area contributed by atoms with Crippen molar-refractivity contribution < 1.29 is 28.9 Å². The van der Waals surface area contributed by atoms with E-state index >= 15 is 0 Å². The molecule has 29 heavy (non-hydrogen) atoms. The van der Waals surface area contributed by atoms with Gasteiger partial charge in [-0.1, -0.05) is 33.8 Å². The number of carbonyl (C=O) groups excluding carboxylic acids is 2. The minimum absolute atomic E-state index is 0.0532. The lowest BCUT2D eigenvalue weighted by Crippen LogP contribution is -2.31. The van der Waals surface area contributed by atoms with Crippen LogP contribution in [-0.4, -0.2) is 42.0 Å². The smallest absolute Gasteiger partial charge is 0.309 e. The highest BCUT2D eigenvalue weighted by Crippen LogP contribution is 2.33. The molecule has 1 aliphatic rings. The van der Waals surface area contributed by atoms with E-state index in [0.717, 1.165) is 0 Å². The third kappa shape index (κ3) is 5.83. The highest BCUT2D eigenvalue weighted by atomic mass is 16.7. The first-order valence-electron chi connectivity index (χ1n) is 10.0. The summed E-state index contributed by atoms with van der Waals surface area (Å²) in [6.07, 6.45) is -2.03. The molecule has 162 valence electrons. The van der Waals surface area contributed by atoms with Crippen molar-refractivity contribution in [3.8, 4) is 5.75 Å². The average molecular weight is 408 g/mol. The molecule has 1 heterocycles. The number of ether oxygens (including phenoxy) is 3. The van der Waals surface area contributed by atoms with Gasteiger partial charge in [0.15, 0.2) is 0 Å². The zero-order valence-electron chi connectivity index (χ0n) is 17.7. The number of amides is 1. The Morgan fingerprint density at radius 3 is 2.52 bits per heavy atom. The van der Waals surface area contributed by atoms with E-state index < -0.39 is 18.5 Å². The summed E-state index contributed by atoms with van der Waals surface area (Å²) in [5.74, 6) is -0.498. The van der Waals surface area contributed by atoms with Crippen LogP contribution in [0, 0.1) is 11.8 Å². The van der Waals surface area contributed by atoms with Gasteiger partial charge in [0, 0.05) is 12.3 Å². The van der Waals surface area contributed by atoms with Crippen LogP contribution in [0.15, 0.2) is 18.2 Å². The fraction of sp³-hybridized carbons (Fsp3) is 0.619. The molecule has 5 atom stereocenters. The number of carbonyl (C=O) groups is 2. The predicted molar refractivity (Wildman–Crippen MR) is 108 cm³/mol. The molecule has 0 spiro atoms. The molecule has 1 aromatic carbocycles. The zero-order valence-corrected chi connectivity index (χ0v) is 17.7. The summed E-state index contributed by atoms with van der Waals surface area (Å²) in [6.45, 7) is 9.14. The molecule has 0 aromatic heterocycles. The second kappa shape index (κ2) is 9.93. The predicted octanol–water partition coefficient (Wildman–Crippen LogP) is 2.16. The molecular weight excluding hydrogens is 376 g/mol. The van der Waals surface area contributed by atoms with Crippen LogP contribution in [0.25, 0.3) is 0 Å². The molecule has 0 radical (unpaired) electrons. The highest BCUT2D eigenvalue weighted by Gasteiger charge is 2.40. The minimum atomic E-state index is -0.799. The first-order chi connectivity index (χ1) is 13.6. The number of aliphatic hydroxyl groups excluding tert-OH is 1. The van der Waals surface area contributed by atoms with Crippen LogP contribution in [0.2, 0.25) is 0 Å². The summed E-state index contributed by atoms with van der Waals surface area (Å²) in [5, 5.41) is 13.0. The van der Waals surface area contributed by atoms with Crippen molar-refractivity contribution in [1.82, 2.24) is 5.32 Å². The van der Waals surface area contributed by atoms with E-state index in [1.165, 1.54) is 0 Å². The SMILES string of the molecule is CCC(=O)NCC(OC(=O)C(C)C)c1ccc(OC2OC(C)C(C)C2O)c(N)c1. The Morgan fingerprint density at radius 1 is 1.31 bits per heavy atom. The van der Waals surface area contributed by atoms with E-state index in [-0.39, 0.29) is 36.4 Å². The van der Waals surface area contributed by atoms with Crippen LogP contribution in [0.5, 0.6) is 5.75 Å². The Bertz CT molecular complexity index is 723. The summed E-state index contributed by atoms with van der Waals surface area (Å²) in [6, 6.07) is 5.00. The molecule has 8 nitrogen and oxygen atoms in total. The summed E-state index contributed by atoms with van der Waals surface area (Å²) >= 11 is 0. The number of esters is 1. The molecule has 0 bridgehead atoms. The van der Waals surface area contributed by atoms with Gasteiger partial charge in [0.1, 0.15) is 18.0 Å². The molecule has 1 aliphatic heterocycles. The summed E-state index contributed by atoms with van der Waals surface area (Å²) < 4.78 is 16.9. The van der Waals surface area contributed by atoms with E-state index in [4.69, 9.17) is 19.9 Å². The van der Waals surface area contributed by atoms with Gasteiger partial charge >= 0.3 is 5.97 Å². The summed E-state index contributed by atoms with van der Waals surface area (Å²) in [7, 11) is 0. The quantitative estimate of drug-likeness (QED) is 0.445. The Morgan fingerprint density at radius 2 is 2.00 bits per heavy atom. The average Bonchev–Trinajstić information content (AvgIpc) is 2.92.